The Morgan fingerprint density at radius 2 is 2.06 bits per heavy atom. The molecule has 0 saturated carbocycles. The van der Waals surface area contributed by atoms with Crippen molar-refractivity contribution >= 4 is 23.3 Å². The van der Waals surface area contributed by atoms with Gasteiger partial charge in [0.2, 0.25) is 0 Å². The fourth-order valence-corrected chi connectivity index (χ4v) is 5.89. The minimum Gasteiger partial charge on any atom is -0.504 e. The predicted molar refractivity (Wildman–Crippen MR) is 126 cm³/mol. The number of hydrogen-bond acceptors (Lipinski definition) is 7. The van der Waals surface area contributed by atoms with E-state index < -0.39 is 5.54 Å². The number of imide groups is 1. The quantitative estimate of drug-likeness (QED) is 0.573. The van der Waals surface area contributed by atoms with E-state index in [1.54, 1.807) is 30.0 Å². The second-order valence-corrected chi connectivity index (χ2v) is 9.78. The van der Waals surface area contributed by atoms with Crippen molar-refractivity contribution in [2.24, 2.45) is 5.92 Å². The van der Waals surface area contributed by atoms with Crippen LogP contribution in [0.2, 0.25) is 0 Å². The first-order valence-corrected chi connectivity index (χ1v) is 12.4. The van der Waals surface area contributed by atoms with Gasteiger partial charge in [0.25, 0.3) is 5.91 Å². The molecule has 1 aromatic heterocycles. The van der Waals surface area contributed by atoms with Gasteiger partial charge in [-0.15, -0.1) is 11.3 Å². The van der Waals surface area contributed by atoms with Gasteiger partial charge in [-0.2, -0.15) is 0 Å². The number of carbonyl (C=O) groups is 2. The van der Waals surface area contributed by atoms with Gasteiger partial charge in [0.05, 0.1) is 18.3 Å². The summed E-state index contributed by atoms with van der Waals surface area (Å²) in [7, 11) is 1.54. The molecule has 0 bridgehead atoms. The third-order valence-corrected chi connectivity index (χ3v) is 8.14. The van der Waals surface area contributed by atoms with Crippen LogP contribution in [-0.4, -0.2) is 64.1 Å². The van der Waals surface area contributed by atoms with Crippen molar-refractivity contribution < 1.29 is 19.4 Å². The molecular weight excluding hydrogens is 440 g/mol. The maximum absolute atomic E-state index is 13.5. The first kappa shape index (κ1) is 23.5. The number of phenols is 1. The number of likely N-dealkylation sites (tertiary alicyclic amines) is 1. The van der Waals surface area contributed by atoms with E-state index >= 15 is 0 Å². The van der Waals surface area contributed by atoms with E-state index in [-0.39, 0.29) is 23.6 Å². The van der Waals surface area contributed by atoms with Crippen LogP contribution in [0.3, 0.4) is 0 Å². The number of carbonyl (C=O) groups excluding carboxylic acids is 2. The normalized spacial score (nSPS) is 22.1. The van der Waals surface area contributed by atoms with Gasteiger partial charge in [0.1, 0.15) is 5.54 Å². The Bertz CT molecular complexity index is 1020. The van der Waals surface area contributed by atoms with Gasteiger partial charge in [-0.25, -0.2) is 9.78 Å². The minimum absolute atomic E-state index is 0.0873. The lowest BCUT2D eigenvalue weighted by Crippen LogP contribution is -2.55. The van der Waals surface area contributed by atoms with E-state index in [0.717, 1.165) is 42.1 Å². The Labute approximate surface area is 198 Å². The number of hydrogen-bond donors (Lipinski definition) is 2. The Morgan fingerprint density at radius 3 is 2.70 bits per heavy atom. The molecule has 0 radical (unpaired) electrons. The number of aryl methyl sites for hydroxylation is 1. The average molecular weight is 473 g/mol. The maximum atomic E-state index is 13.5. The summed E-state index contributed by atoms with van der Waals surface area (Å²) < 4.78 is 5.22. The summed E-state index contributed by atoms with van der Waals surface area (Å²) >= 11 is 1.56. The standard InChI is InChI=1S/C24H32N4O4S/c1-4-24(22(30)28(23(31)26-24)13-10-20-16(2)25-15-33-20)18-8-11-27(12-9-18)14-17-6-5-7-19(32-3)21(17)29/h5-7,15,18,29H,4,8-14H2,1-3H3,(H,26,31)/t24-/m1/s1. The largest absolute Gasteiger partial charge is 0.504 e. The molecule has 2 saturated heterocycles. The summed E-state index contributed by atoms with van der Waals surface area (Å²) in [5.41, 5.74) is 2.76. The molecule has 3 amide bonds. The lowest BCUT2D eigenvalue weighted by molar-refractivity contribution is -0.134. The van der Waals surface area contributed by atoms with Gasteiger partial charge in [-0.1, -0.05) is 19.1 Å². The van der Waals surface area contributed by atoms with Crippen LogP contribution in [-0.2, 0) is 17.8 Å². The second kappa shape index (κ2) is 9.69. The first-order chi connectivity index (χ1) is 15.9. The van der Waals surface area contributed by atoms with Gasteiger partial charge in [0.15, 0.2) is 11.5 Å². The molecular formula is C24H32N4O4S. The zero-order chi connectivity index (χ0) is 23.6. The van der Waals surface area contributed by atoms with Gasteiger partial charge >= 0.3 is 6.03 Å². The maximum Gasteiger partial charge on any atom is 0.325 e. The molecule has 0 aliphatic carbocycles. The smallest absolute Gasteiger partial charge is 0.325 e. The topological polar surface area (TPSA) is 95.0 Å². The number of thiazole rings is 1. The number of aromatic hydroxyl groups is 1. The number of aromatic nitrogens is 1. The van der Waals surface area contributed by atoms with Crippen LogP contribution in [0.25, 0.3) is 0 Å². The number of nitrogens with zero attached hydrogens (tertiary/aromatic N) is 3. The summed E-state index contributed by atoms with van der Waals surface area (Å²) in [4.78, 5) is 35.3. The lowest BCUT2D eigenvalue weighted by atomic mass is 9.75. The molecule has 33 heavy (non-hydrogen) atoms. The van der Waals surface area contributed by atoms with Crippen LogP contribution in [0, 0.1) is 12.8 Å². The Hall–Kier alpha value is -2.65. The molecule has 2 N–H and O–H groups in total. The molecule has 1 aromatic carbocycles. The number of rotatable bonds is 8. The zero-order valence-electron chi connectivity index (χ0n) is 19.5. The van der Waals surface area contributed by atoms with Crippen molar-refractivity contribution in [1.82, 2.24) is 20.1 Å². The molecule has 2 aromatic rings. The number of amides is 3. The molecule has 9 heteroatoms. The Kier molecular flexibility index (Phi) is 6.90. The van der Waals surface area contributed by atoms with Crippen molar-refractivity contribution in [2.75, 3.05) is 26.7 Å². The predicted octanol–water partition coefficient (Wildman–Crippen LogP) is 3.32. The molecule has 2 aliphatic rings. The van der Waals surface area contributed by atoms with Crippen molar-refractivity contribution in [3.8, 4) is 11.5 Å². The van der Waals surface area contributed by atoms with E-state index in [2.05, 4.69) is 15.2 Å². The van der Waals surface area contributed by atoms with Gasteiger partial charge in [-0.05, 0) is 51.3 Å². The lowest BCUT2D eigenvalue weighted by Gasteiger charge is -2.40. The third kappa shape index (κ3) is 4.44. The van der Waals surface area contributed by atoms with Gasteiger partial charge in [-0.3, -0.25) is 14.6 Å². The second-order valence-electron chi connectivity index (χ2n) is 8.84. The Morgan fingerprint density at radius 1 is 1.30 bits per heavy atom. The summed E-state index contributed by atoms with van der Waals surface area (Å²) in [5, 5.41) is 13.5. The first-order valence-electron chi connectivity index (χ1n) is 11.5. The highest BCUT2D eigenvalue weighted by molar-refractivity contribution is 7.09. The molecule has 1 atom stereocenters. The molecule has 2 aliphatic heterocycles. The number of nitrogens with one attached hydrogen (secondary N) is 1. The van der Waals surface area contributed by atoms with Crippen LogP contribution in [0.5, 0.6) is 11.5 Å². The van der Waals surface area contributed by atoms with Crippen LogP contribution in [0.15, 0.2) is 23.7 Å². The minimum atomic E-state index is -0.829. The van der Waals surface area contributed by atoms with Crippen molar-refractivity contribution in [2.45, 2.75) is 51.6 Å². The van der Waals surface area contributed by atoms with Crippen molar-refractivity contribution in [1.29, 1.82) is 0 Å². The van der Waals surface area contributed by atoms with Gasteiger partial charge in [0, 0.05) is 30.0 Å². The summed E-state index contributed by atoms with van der Waals surface area (Å²) in [5.74, 6) is 0.641. The van der Waals surface area contributed by atoms with E-state index in [1.165, 1.54) is 4.90 Å². The number of methoxy groups -OCH3 is 1. The average Bonchev–Trinajstić information content (AvgIpc) is 3.34. The molecule has 0 spiro atoms. The number of urea groups is 1. The number of phenolic OH excluding ortho intramolecular Hbond substituents is 1. The Balaban J connectivity index is 1.39. The highest BCUT2D eigenvalue weighted by atomic mass is 32.1. The molecule has 0 unspecified atom stereocenters. The number of ether oxygens (including phenoxy) is 1. The van der Waals surface area contributed by atoms with E-state index in [0.29, 0.717) is 31.7 Å². The molecule has 178 valence electrons. The fraction of sp³-hybridized carbons (Fsp3) is 0.542. The van der Waals surface area contributed by atoms with Crippen LogP contribution < -0.4 is 10.1 Å². The van der Waals surface area contributed by atoms with E-state index in [4.69, 9.17) is 4.74 Å². The fourth-order valence-electron chi connectivity index (χ4n) is 5.12. The van der Waals surface area contributed by atoms with Crippen molar-refractivity contribution in [3.05, 3.63) is 39.8 Å². The number of para-hydroxylation sites is 1. The van der Waals surface area contributed by atoms with E-state index in [9.17, 15) is 14.7 Å². The van der Waals surface area contributed by atoms with Crippen molar-refractivity contribution in [3.63, 3.8) is 0 Å². The molecule has 2 fully saturated rings. The van der Waals surface area contributed by atoms with Gasteiger partial charge < -0.3 is 15.2 Å². The monoisotopic (exact) mass is 472 g/mol. The molecule has 3 heterocycles. The van der Waals surface area contributed by atoms with E-state index in [1.807, 2.05) is 26.0 Å². The summed E-state index contributed by atoms with van der Waals surface area (Å²) in [6, 6.07) is 5.24. The molecule has 8 nitrogen and oxygen atoms in total. The van der Waals surface area contributed by atoms with Crippen LogP contribution >= 0.6 is 11.3 Å². The zero-order valence-corrected chi connectivity index (χ0v) is 20.3. The summed E-state index contributed by atoms with van der Waals surface area (Å²) in [6.45, 7) is 6.53. The third-order valence-electron chi connectivity index (χ3n) is 7.15. The number of benzene rings is 1. The summed E-state index contributed by atoms with van der Waals surface area (Å²) in [6.07, 6.45) is 2.84. The number of piperidine rings is 1. The highest BCUT2D eigenvalue weighted by Gasteiger charge is 2.54. The van der Waals surface area contributed by atoms with Crippen LogP contribution in [0.1, 0.15) is 42.3 Å². The van der Waals surface area contributed by atoms with Crippen LogP contribution in [0.4, 0.5) is 4.79 Å². The molecule has 4 rings (SSSR count). The highest BCUT2D eigenvalue weighted by Crippen LogP contribution is 2.37. The SMILES string of the molecule is CC[C@]1(C2CCN(Cc3cccc(OC)c3O)CC2)NC(=O)N(CCc2scnc2C)C1=O.